The van der Waals surface area contributed by atoms with Crippen LogP contribution in [0.2, 0.25) is 0 Å². The molecule has 0 radical (unpaired) electrons. The van der Waals surface area contributed by atoms with Crippen molar-refractivity contribution >= 4 is 11.7 Å². The lowest BCUT2D eigenvalue weighted by atomic mass is 10.1. The minimum atomic E-state index is 0.391. The fraction of sp³-hybridized carbons (Fsp3) is 0.429. The first-order chi connectivity index (χ1) is 9.04. The lowest BCUT2D eigenvalue weighted by molar-refractivity contribution is 0.460. The van der Waals surface area contributed by atoms with Crippen molar-refractivity contribution in [3.63, 3.8) is 0 Å². The summed E-state index contributed by atoms with van der Waals surface area (Å²) in [4.78, 5) is 0. The van der Waals surface area contributed by atoms with Crippen molar-refractivity contribution < 1.29 is 4.42 Å². The number of hydrogen-bond acceptors (Lipinski definition) is 5. The van der Waals surface area contributed by atoms with Crippen molar-refractivity contribution in [3.05, 3.63) is 35.2 Å². The maximum absolute atomic E-state index is 5.53. The number of rotatable bonds is 5. The number of anilines is 2. The summed E-state index contributed by atoms with van der Waals surface area (Å²) >= 11 is 0. The van der Waals surface area contributed by atoms with Gasteiger partial charge in [0, 0.05) is 11.7 Å². The smallest absolute Gasteiger partial charge is 0.320 e. The molecule has 1 aromatic carbocycles. The Bertz CT molecular complexity index is 548. The molecule has 102 valence electrons. The molecule has 2 aromatic rings. The molecular formula is C14H20N4O. The maximum atomic E-state index is 5.53. The summed E-state index contributed by atoms with van der Waals surface area (Å²) < 4.78 is 5.53. The standard InChI is InChI=1S/C14H20N4O/c1-9(2)15-8-13-17-18-14(19-13)16-12-6-5-10(3)7-11(12)4/h5-7,9,15H,8H2,1-4H3,(H,16,18). The van der Waals surface area contributed by atoms with E-state index in [9.17, 15) is 0 Å². The SMILES string of the molecule is Cc1ccc(Nc2nnc(CNC(C)C)o2)c(C)c1. The van der Waals surface area contributed by atoms with E-state index in [1.165, 1.54) is 5.56 Å². The van der Waals surface area contributed by atoms with E-state index in [0.717, 1.165) is 11.3 Å². The fourth-order valence-electron chi connectivity index (χ4n) is 1.74. The van der Waals surface area contributed by atoms with Crippen molar-refractivity contribution in [2.24, 2.45) is 0 Å². The minimum absolute atomic E-state index is 0.391. The van der Waals surface area contributed by atoms with Crippen LogP contribution >= 0.6 is 0 Å². The Kier molecular flexibility index (Phi) is 4.16. The van der Waals surface area contributed by atoms with Gasteiger partial charge in [0.15, 0.2) is 0 Å². The number of benzene rings is 1. The van der Waals surface area contributed by atoms with Gasteiger partial charge in [-0.1, -0.05) is 36.6 Å². The average Bonchev–Trinajstić information content (AvgIpc) is 2.78. The van der Waals surface area contributed by atoms with Gasteiger partial charge >= 0.3 is 6.01 Å². The number of aryl methyl sites for hydroxylation is 2. The van der Waals surface area contributed by atoms with E-state index in [1.54, 1.807) is 0 Å². The molecule has 0 amide bonds. The van der Waals surface area contributed by atoms with Crippen molar-refractivity contribution in [2.75, 3.05) is 5.32 Å². The summed E-state index contributed by atoms with van der Waals surface area (Å²) in [5.74, 6) is 0.584. The Hall–Kier alpha value is -1.88. The fourth-order valence-corrected chi connectivity index (χ4v) is 1.74. The van der Waals surface area contributed by atoms with Crippen LogP contribution in [0.4, 0.5) is 11.7 Å². The van der Waals surface area contributed by atoms with Crippen LogP contribution in [0.1, 0.15) is 30.9 Å². The van der Waals surface area contributed by atoms with Crippen LogP contribution in [-0.4, -0.2) is 16.2 Å². The predicted molar refractivity (Wildman–Crippen MR) is 75.5 cm³/mol. The molecule has 0 atom stereocenters. The Morgan fingerprint density at radius 2 is 2.00 bits per heavy atom. The van der Waals surface area contributed by atoms with Gasteiger partial charge in [-0.15, -0.1) is 5.10 Å². The number of aromatic nitrogens is 2. The summed E-state index contributed by atoms with van der Waals surface area (Å²) in [6, 6.07) is 6.99. The van der Waals surface area contributed by atoms with Crippen molar-refractivity contribution in [3.8, 4) is 0 Å². The lowest BCUT2D eigenvalue weighted by Crippen LogP contribution is -2.21. The maximum Gasteiger partial charge on any atom is 0.320 e. The van der Waals surface area contributed by atoms with Gasteiger partial charge in [-0.05, 0) is 25.5 Å². The zero-order valence-electron chi connectivity index (χ0n) is 11.8. The molecule has 0 fully saturated rings. The van der Waals surface area contributed by atoms with Crippen LogP contribution in [-0.2, 0) is 6.54 Å². The second-order valence-corrected chi connectivity index (χ2v) is 4.98. The number of hydrogen-bond donors (Lipinski definition) is 2. The topological polar surface area (TPSA) is 63.0 Å². The largest absolute Gasteiger partial charge is 0.406 e. The molecule has 2 N–H and O–H groups in total. The van der Waals surface area contributed by atoms with E-state index < -0.39 is 0 Å². The third kappa shape index (κ3) is 3.79. The molecule has 0 aliphatic rings. The van der Waals surface area contributed by atoms with Gasteiger partial charge in [0.05, 0.1) is 6.54 Å². The molecule has 0 saturated heterocycles. The van der Waals surface area contributed by atoms with Gasteiger partial charge in [-0.2, -0.15) is 0 Å². The predicted octanol–water partition coefficient (Wildman–Crippen LogP) is 2.93. The zero-order chi connectivity index (χ0) is 13.8. The molecule has 0 unspecified atom stereocenters. The van der Waals surface area contributed by atoms with Crippen LogP contribution in [0, 0.1) is 13.8 Å². The van der Waals surface area contributed by atoms with Gasteiger partial charge in [-0.25, -0.2) is 0 Å². The molecule has 0 bridgehead atoms. The third-order valence-electron chi connectivity index (χ3n) is 2.75. The highest BCUT2D eigenvalue weighted by Crippen LogP contribution is 2.20. The molecule has 19 heavy (non-hydrogen) atoms. The Morgan fingerprint density at radius 3 is 2.68 bits per heavy atom. The third-order valence-corrected chi connectivity index (χ3v) is 2.75. The Balaban J connectivity index is 2.03. The lowest BCUT2D eigenvalue weighted by Gasteiger charge is -2.06. The Labute approximate surface area is 113 Å². The molecule has 5 nitrogen and oxygen atoms in total. The molecule has 0 aliphatic carbocycles. The summed E-state index contributed by atoms with van der Waals surface area (Å²) in [5.41, 5.74) is 3.37. The number of nitrogens with one attached hydrogen (secondary N) is 2. The second-order valence-electron chi connectivity index (χ2n) is 4.98. The summed E-state index contributed by atoms with van der Waals surface area (Å²) in [6.07, 6.45) is 0. The molecule has 0 saturated carbocycles. The van der Waals surface area contributed by atoms with Gasteiger partial charge < -0.3 is 15.1 Å². The van der Waals surface area contributed by atoms with Gasteiger partial charge in [-0.3, -0.25) is 0 Å². The summed E-state index contributed by atoms with van der Waals surface area (Å²) in [7, 11) is 0. The quantitative estimate of drug-likeness (QED) is 0.865. The van der Waals surface area contributed by atoms with Crippen molar-refractivity contribution in [2.45, 2.75) is 40.3 Å². The van der Waals surface area contributed by atoms with E-state index in [4.69, 9.17) is 4.42 Å². The first-order valence-electron chi connectivity index (χ1n) is 6.44. The second kappa shape index (κ2) is 5.84. The van der Waals surface area contributed by atoms with E-state index in [-0.39, 0.29) is 0 Å². The van der Waals surface area contributed by atoms with Crippen LogP contribution < -0.4 is 10.6 Å². The zero-order valence-corrected chi connectivity index (χ0v) is 11.8. The van der Waals surface area contributed by atoms with Crippen LogP contribution in [0.3, 0.4) is 0 Å². The van der Waals surface area contributed by atoms with Crippen molar-refractivity contribution in [1.29, 1.82) is 0 Å². The Morgan fingerprint density at radius 1 is 1.21 bits per heavy atom. The highest BCUT2D eigenvalue weighted by atomic mass is 16.4. The highest BCUT2D eigenvalue weighted by Gasteiger charge is 2.07. The highest BCUT2D eigenvalue weighted by molar-refractivity contribution is 5.57. The monoisotopic (exact) mass is 260 g/mol. The molecule has 0 aliphatic heterocycles. The molecule has 0 spiro atoms. The van der Waals surface area contributed by atoms with E-state index in [0.29, 0.717) is 24.5 Å². The van der Waals surface area contributed by atoms with Crippen LogP contribution in [0.25, 0.3) is 0 Å². The molecular weight excluding hydrogens is 240 g/mol. The molecule has 5 heteroatoms. The van der Waals surface area contributed by atoms with Crippen LogP contribution in [0.15, 0.2) is 22.6 Å². The first kappa shape index (κ1) is 13.5. The summed E-state index contributed by atoms with van der Waals surface area (Å²) in [5, 5.41) is 14.3. The molecule has 1 heterocycles. The van der Waals surface area contributed by atoms with E-state index in [2.05, 4.69) is 47.7 Å². The van der Waals surface area contributed by atoms with Gasteiger partial charge in [0.1, 0.15) is 0 Å². The first-order valence-corrected chi connectivity index (χ1v) is 6.44. The number of nitrogens with zero attached hydrogens (tertiary/aromatic N) is 2. The van der Waals surface area contributed by atoms with Crippen molar-refractivity contribution in [1.82, 2.24) is 15.5 Å². The normalized spacial score (nSPS) is 11.0. The average molecular weight is 260 g/mol. The molecule has 2 rings (SSSR count). The van der Waals surface area contributed by atoms with E-state index in [1.807, 2.05) is 19.1 Å². The van der Waals surface area contributed by atoms with Gasteiger partial charge in [0.2, 0.25) is 5.89 Å². The van der Waals surface area contributed by atoms with E-state index >= 15 is 0 Å². The van der Waals surface area contributed by atoms with Gasteiger partial charge in [0.25, 0.3) is 0 Å². The summed E-state index contributed by atoms with van der Waals surface area (Å²) in [6.45, 7) is 8.85. The minimum Gasteiger partial charge on any atom is -0.406 e. The molecule has 1 aromatic heterocycles. The van der Waals surface area contributed by atoms with Crippen LogP contribution in [0.5, 0.6) is 0 Å².